The van der Waals surface area contributed by atoms with E-state index in [4.69, 9.17) is 4.74 Å². The lowest BCUT2D eigenvalue weighted by Crippen LogP contribution is -2.37. The number of amides is 3. The van der Waals surface area contributed by atoms with Crippen LogP contribution in [0.3, 0.4) is 0 Å². The summed E-state index contributed by atoms with van der Waals surface area (Å²) >= 11 is 1.27. The van der Waals surface area contributed by atoms with Crippen molar-refractivity contribution in [2.24, 2.45) is 0 Å². The average Bonchev–Trinajstić information content (AvgIpc) is 3.27. The number of hydrogen-bond donors (Lipinski definition) is 1. The maximum atomic E-state index is 12.3. The van der Waals surface area contributed by atoms with Crippen molar-refractivity contribution < 1.29 is 19.1 Å². The summed E-state index contributed by atoms with van der Waals surface area (Å²) in [5.74, 6) is -0.666. The summed E-state index contributed by atoms with van der Waals surface area (Å²) in [7, 11) is 1.60. The minimum atomic E-state index is -0.481. The molecule has 0 aliphatic carbocycles. The summed E-state index contributed by atoms with van der Waals surface area (Å²) in [5.41, 5.74) is 2.23. The van der Waals surface area contributed by atoms with Gasteiger partial charge in [0.1, 0.15) is 12.3 Å². The highest BCUT2D eigenvalue weighted by atomic mass is 32.1. The second-order valence-corrected chi connectivity index (χ2v) is 6.91. The fraction of sp³-hybridized carbons (Fsp3) is 0.100. The van der Waals surface area contributed by atoms with Crippen LogP contribution in [-0.2, 0) is 4.79 Å². The summed E-state index contributed by atoms with van der Waals surface area (Å²) in [4.78, 5) is 42.3. The van der Waals surface area contributed by atoms with Crippen molar-refractivity contribution in [3.63, 3.8) is 0 Å². The highest BCUT2D eigenvalue weighted by Gasteiger charge is 2.36. The Morgan fingerprint density at radius 3 is 2.32 bits per heavy atom. The van der Waals surface area contributed by atoms with E-state index < -0.39 is 17.7 Å². The number of methoxy groups -OCH3 is 1. The predicted molar refractivity (Wildman–Crippen MR) is 105 cm³/mol. The molecule has 8 heteroatoms. The quantitative estimate of drug-likeness (QED) is 0.673. The third-order valence-corrected chi connectivity index (χ3v) is 5.07. The number of anilines is 1. The van der Waals surface area contributed by atoms with Crippen LogP contribution in [0.2, 0.25) is 0 Å². The normalized spacial score (nSPS) is 12.8. The smallest absolute Gasteiger partial charge is 0.262 e. The van der Waals surface area contributed by atoms with Gasteiger partial charge in [-0.1, -0.05) is 12.1 Å². The van der Waals surface area contributed by atoms with Crippen LogP contribution in [0, 0.1) is 0 Å². The Morgan fingerprint density at radius 2 is 1.71 bits per heavy atom. The van der Waals surface area contributed by atoms with E-state index in [1.54, 1.807) is 31.4 Å². The number of thiazole rings is 1. The van der Waals surface area contributed by atoms with E-state index in [-0.39, 0.29) is 6.54 Å². The molecule has 0 saturated heterocycles. The van der Waals surface area contributed by atoms with Crippen LogP contribution >= 0.6 is 11.3 Å². The van der Waals surface area contributed by atoms with Crippen LogP contribution in [0.25, 0.3) is 11.3 Å². The molecule has 2 aromatic carbocycles. The summed E-state index contributed by atoms with van der Waals surface area (Å²) < 4.78 is 5.13. The van der Waals surface area contributed by atoms with Crippen molar-refractivity contribution >= 4 is 34.2 Å². The molecule has 0 bridgehead atoms. The number of carbonyl (C=O) groups is 3. The highest BCUT2D eigenvalue weighted by molar-refractivity contribution is 7.14. The molecular weight excluding hydrogens is 378 g/mol. The number of nitrogens with zero attached hydrogens (tertiary/aromatic N) is 2. The van der Waals surface area contributed by atoms with Crippen LogP contribution < -0.4 is 10.1 Å². The van der Waals surface area contributed by atoms with Crippen molar-refractivity contribution in [2.75, 3.05) is 19.0 Å². The lowest BCUT2D eigenvalue weighted by Gasteiger charge is -2.12. The molecule has 4 rings (SSSR count). The van der Waals surface area contributed by atoms with Crippen LogP contribution in [0.4, 0.5) is 5.13 Å². The van der Waals surface area contributed by atoms with E-state index in [1.807, 2.05) is 29.6 Å². The van der Waals surface area contributed by atoms with Gasteiger partial charge >= 0.3 is 0 Å². The number of imide groups is 1. The van der Waals surface area contributed by atoms with Gasteiger partial charge in [-0.25, -0.2) is 4.98 Å². The van der Waals surface area contributed by atoms with Crippen LogP contribution in [0.15, 0.2) is 53.9 Å². The number of rotatable bonds is 5. The Labute approximate surface area is 164 Å². The number of benzene rings is 2. The third kappa shape index (κ3) is 3.25. The van der Waals surface area contributed by atoms with Crippen LogP contribution in [-0.4, -0.2) is 41.3 Å². The van der Waals surface area contributed by atoms with Crippen LogP contribution in [0.1, 0.15) is 20.7 Å². The molecule has 0 atom stereocenters. The Kier molecular flexibility index (Phi) is 4.62. The van der Waals surface area contributed by atoms with Crippen molar-refractivity contribution in [1.29, 1.82) is 0 Å². The minimum absolute atomic E-state index is 0.316. The molecule has 2 heterocycles. The molecule has 1 aromatic heterocycles. The number of carbonyl (C=O) groups excluding carboxylic acids is 3. The average molecular weight is 393 g/mol. The second kappa shape index (κ2) is 7.24. The monoisotopic (exact) mass is 393 g/mol. The van der Waals surface area contributed by atoms with Gasteiger partial charge in [-0.3, -0.25) is 19.3 Å². The number of hydrogen-bond acceptors (Lipinski definition) is 6. The van der Waals surface area contributed by atoms with Gasteiger partial charge in [0.2, 0.25) is 5.91 Å². The van der Waals surface area contributed by atoms with Crippen molar-refractivity contribution in [1.82, 2.24) is 9.88 Å². The Morgan fingerprint density at radius 1 is 1.07 bits per heavy atom. The largest absolute Gasteiger partial charge is 0.497 e. The molecule has 1 aliphatic rings. The van der Waals surface area contributed by atoms with Gasteiger partial charge in [-0.15, -0.1) is 11.3 Å². The first-order chi connectivity index (χ1) is 13.6. The Bertz CT molecular complexity index is 1040. The van der Waals surface area contributed by atoms with Crippen LogP contribution in [0.5, 0.6) is 5.75 Å². The number of aromatic nitrogens is 1. The first-order valence-electron chi connectivity index (χ1n) is 8.42. The minimum Gasteiger partial charge on any atom is -0.497 e. The van der Waals surface area contributed by atoms with Crippen molar-refractivity contribution in [3.8, 4) is 17.0 Å². The maximum absolute atomic E-state index is 12.3. The number of nitrogens with one attached hydrogen (secondary N) is 1. The van der Waals surface area contributed by atoms with Gasteiger partial charge < -0.3 is 10.1 Å². The van der Waals surface area contributed by atoms with Gasteiger partial charge in [0.25, 0.3) is 11.8 Å². The lowest BCUT2D eigenvalue weighted by atomic mass is 10.1. The molecule has 28 heavy (non-hydrogen) atoms. The summed E-state index contributed by atoms with van der Waals surface area (Å²) in [5, 5.41) is 4.86. The van der Waals surface area contributed by atoms with Gasteiger partial charge in [0, 0.05) is 10.9 Å². The topological polar surface area (TPSA) is 88.6 Å². The Hall–Kier alpha value is -3.52. The Balaban J connectivity index is 1.43. The van der Waals surface area contributed by atoms with Gasteiger partial charge in [0.15, 0.2) is 5.13 Å². The highest BCUT2D eigenvalue weighted by Crippen LogP contribution is 2.27. The zero-order chi connectivity index (χ0) is 19.7. The zero-order valence-corrected chi connectivity index (χ0v) is 15.7. The molecule has 0 spiro atoms. The van der Waals surface area contributed by atoms with Crippen molar-refractivity contribution in [3.05, 3.63) is 65.0 Å². The predicted octanol–water partition coefficient (Wildman–Crippen LogP) is 3.05. The molecule has 1 N–H and O–H groups in total. The molecule has 1 aliphatic heterocycles. The number of fused-ring (bicyclic) bond motifs is 1. The fourth-order valence-electron chi connectivity index (χ4n) is 2.91. The standard InChI is InChI=1S/C20H15N3O4S/c1-27-13-8-6-12(7-9-13)16-11-28-20(21-16)22-17(24)10-23-18(25)14-4-2-3-5-15(14)19(23)26/h2-9,11H,10H2,1H3,(H,21,22,24). The fourth-order valence-corrected chi connectivity index (χ4v) is 3.65. The van der Waals surface area contributed by atoms with Gasteiger partial charge in [-0.2, -0.15) is 0 Å². The summed E-state index contributed by atoms with van der Waals surface area (Å²) in [6.45, 7) is -0.357. The molecule has 0 radical (unpaired) electrons. The zero-order valence-electron chi connectivity index (χ0n) is 14.8. The first kappa shape index (κ1) is 17.9. The summed E-state index contributed by atoms with van der Waals surface area (Å²) in [6, 6.07) is 13.9. The van der Waals surface area contributed by atoms with Crippen molar-refractivity contribution in [2.45, 2.75) is 0 Å². The van der Waals surface area contributed by atoms with E-state index >= 15 is 0 Å². The SMILES string of the molecule is COc1ccc(-c2csc(NC(=O)CN3C(=O)c4ccccc4C3=O)n2)cc1. The number of ether oxygens (including phenoxy) is 1. The van der Waals surface area contributed by atoms with Gasteiger partial charge in [-0.05, 0) is 36.4 Å². The molecule has 3 aromatic rings. The van der Waals surface area contributed by atoms with Gasteiger partial charge in [0.05, 0.1) is 23.9 Å². The molecule has 3 amide bonds. The van der Waals surface area contributed by atoms with E-state index in [2.05, 4.69) is 10.3 Å². The first-order valence-corrected chi connectivity index (χ1v) is 9.30. The molecule has 140 valence electrons. The molecular formula is C20H15N3O4S. The lowest BCUT2D eigenvalue weighted by molar-refractivity contribution is -0.116. The van der Waals surface area contributed by atoms with E-state index in [0.29, 0.717) is 22.0 Å². The molecule has 7 nitrogen and oxygen atoms in total. The van der Waals surface area contributed by atoms with E-state index in [0.717, 1.165) is 16.2 Å². The maximum Gasteiger partial charge on any atom is 0.262 e. The second-order valence-electron chi connectivity index (χ2n) is 6.06. The third-order valence-electron chi connectivity index (χ3n) is 4.32. The molecule has 0 saturated carbocycles. The molecule has 0 unspecified atom stereocenters. The van der Waals surface area contributed by atoms with E-state index in [1.165, 1.54) is 11.3 Å². The van der Waals surface area contributed by atoms with E-state index in [9.17, 15) is 14.4 Å². The molecule has 0 fully saturated rings. The summed E-state index contributed by atoms with van der Waals surface area (Å²) in [6.07, 6.45) is 0.